The molecular weight excluding hydrogens is 212 g/mol. The van der Waals surface area contributed by atoms with Gasteiger partial charge in [0, 0.05) is 0 Å². The third-order valence-electron chi connectivity index (χ3n) is 2.99. The molecule has 0 saturated carbocycles. The molecule has 1 unspecified atom stereocenters. The molecule has 0 radical (unpaired) electrons. The third kappa shape index (κ3) is 4.78. The van der Waals surface area contributed by atoms with E-state index in [4.69, 9.17) is 4.74 Å². The van der Waals surface area contributed by atoms with Crippen molar-refractivity contribution in [2.24, 2.45) is 0 Å². The molecule has 96 valence electrons. The van der Waals surface area contributed by atoms with Gasteiger partial charge in [-0.05, 0) is 44.7 Å². The number of aliphatic hydroxyl groups is 1. The fraction of sp³-hybridized carbons (Fsp3) is 0.600. The molecule has 2 nitrogen and oxygen atoms in total. The SMILES string of the molecule is CCCC(C)(O)CCc1ccccc1OCC. The normalized spacial score (nSPS) is 14.4. The summed E-state index contributed by atoms with van der Waals surface area (Å²) in [6, 6.07) is 8.07. The fourth-order valence-corrected chi connectivity index (χ4v) is 2.07. The first kappa shape index (κ1) is 14.0. The monoisotopic (exact) mass is 236 g/mol. The van der Waals surface area contributed by atoms with Crippen molar-refractivity contribution in [2.45, 2.75) is 52.1 Å². The third-order valence-corrected chi connectivity index (χ3v) is 2.99. The van der Waals surface area contributed by atoms with Gasteiger partial charge in [-0.15, -0.1) is 0 Å². The van der Waals surface area contributed by atoms with Crippen LogP contribution in [0.5, 0.6) is 5.75 Å². The summed E-state index contributed by atoms with van der Waals surface area (Å²) in [5.74, 6) is 0.947. The van der Waals surface area contributed by atoms with Crippen molar-refractivity contribution in [3.63, 3.8) is 0 Å². The van der Waals surface area contributed by atoms with Crippen LogP contribution in [0.3, 0.4) is 0 Å². The van der Waals surface area contributed by atoms with E-state index in [-0.39, 0.29) is 0 Å². The highest BCUT2D eigenvalue weighted by molar-refractivity contribution is 5.33. The second-order valence-corrected chi connectivity index (χ2v) is 4.79. The number of benzene rings is 1. The van der Waals surface area contributed by atoms with E-state index in [0.29, 0.717) is 6.61 Å². The van der Waals surface area contributed by atoms with Crippen molar-refractivity contribution in [3.05, 3.63) is 29.8 Å². The maximum Gasteiger partial charge on any atom is 0.122 e. The molecule has 1 aromatic rings. The van der Waals surface area contributed by atoms with Crippen molar-refractivity contribution in [2.75, 3.05) is 6.61 Å². The average Bonchev–Trinajstić information content (AvgIpc) is 2.28. The second-order valence-electron chi connectivity index (χ2n) is 4.79. The number of ether oxygens (including phenoxy) is 1. The summed E-state index contributed by atoms with van der Waals surface area (Å²) in [5, 5.41) is 10.2. The van der Waals surface area contributed by atoms with Crippen LogP contribution in [0.4, 0.5) is 0 Å². The van der Waals surface area contributed by atoms with Crippen molar-refractivity contribution < 1.29 is 9.84 Å². The van der Waals surface area contributed by atoms with Crippen LogP contribution >= 0.6 is 0 Å². The zero-order chi connectivity index (χ0) is 12.7. The summed E-state index contributed by atoms with van der Waals surface area (Å²) in [6.45, 7) is 6.69. The molecule has 0 aliphatic heterocycles. The van der Waals surface area contributed by atoms with Crippen LogP contribution in [-0.4, -0.2) is 17.3 Å². The largest absolute Gasteiger partial charge is 0.494 e. The van der Waals surface area contributed by atoms with Gasteiger partial charge < -0.3 is 9.84 Å². The van der Waals surface area contributed by atoms with E-state index < -0.39 is 5.60 Å². The molecule has 0 fully saturated rings. The van der Waals surface area contributed by atoms with Crippen LogP contribution in [0.15, 0.2) is 24.3 Å². The second kappa shape index (κ2) is 6.65. The number of aryl methyl sites for hydroxylation is 1. The van der Waals surface area contributed by atoms with Crippen LogP contribution in [0.1, 0.15) is 45.6 Å². The minimum atomic E-state index is -0.561. The summed E-state index contributed by atoms with van der Waals surface area (Å²) >= 11 is 0. The van der Waals surface area contributed by atoms with Crippen LogP contribution < -0.4 is 4.74 Å². The van der Waals surface area contributed by atoms with E-state index in [1.807, 2.05) is 32.0 Å². The van der Waals surface area contributed by atoms with Gasteiger partial charge in [0.05, 0.1) is 12.2 Å². The standard InChI is InChI=1S/C15H24O2/c1-4-11-15(3,16)12-10-13-8-6-7-9-14(13)17-5-2/h6-9,16H,4-5,10-12H2,1-3H3. The van der Waals surface area contributed by atoms with Gasteiger partial charge in [-0.2, -0.15) is 0 Å². The lowest BCUT2D eigenvalue weighted by Gasteiger charge is -2.23. The van der Waals surface area contributed by atoms with Crippen LogP contribution in [-0.2, 0) is 6.42 Å². The highest BCUT2D eigenvalue weighted by Crippen LogP contribution is 2.24. The zero-order valence-corrected chi connectivity index (χ0v) is 11.2. The lowest BCUT2D eigenvalue weighted by atomic mass is 9.92. The maximum atomic E-state index is 10.2. The molecule has 0 amide bonds. The molecule has 0 aromatic heterocycles. The summed E-state index contributed by atoms with van der Waals surface area (Å²) < 4.78 is 5.58. The van der Waals surface area contributed by atoms with Crippen LogP contribution in [0.2, 0.25) is 0 Å². The number of hydrogen-bond acceptors (Lipinski definition) is 2. The quantitative estimate of drug-likeness (QED) is 0.784. The van der Waals surface area contributed by atoms with Gasteiger partial charge in [0.2, 0.25) is 0 Å². The van der Waals surface area contributed by atoms with E-state index in [2.05, 4.69) is 13.0 Å². The van der Waals surface area contributed by atoms with Crippen molar-refractivity contribution in [1.29, 1.82) is 0 Å². The first-order valence-corrected chi connectivity index (χ1v) is 6.52. The van der Waals surface area contributed by atoms with E-state index >= 15 is 0 Å². The van der Waals surface area contributed by atoms with Crippen molar-refractivity contribution >= 4 is 0 Å². The van der Waals surface area contributed by atoms with Crippen molar-refractivity contribution in [1.82, 2.24) is 0 Å². The number of hydrogen-bond donors (Lipinski definition) is 1. The summed E-state index contributed by atoms with van der Waals surface area (Å²) in [4.78, 5) is 0. The summed E-state index contributed by atoms with van der Waals surface area (Å²) in [5.41, 5.74) is 0.624. The maximum absolute atomic E-state index is 10.2. The Kier molecular flexibility index (Phi) is 5.49. The molecule has 17 heavy (non-hydrogen) atoms. The lowest BCUT2D eigenvalue weighted by molar-refractivity contribution is 0.0414. The van der Waals surface area contributed by atoms with Gasteiger partial charge >= 0.3 is 0 Å². The molecule has 0 heterocycles. The fourth-order valence-electron chi connectivity index (χ4n) is 2.07. The topological polar surface area (TPSA) is 29.5 Å². The Hall–Kier alpha value is -1.02. The van der Waals surface area contributed by atoms with Gasteiger partial charge in [0.1, 0.15) is 5.75 Å². The van der Waals surface area contributed by atoms with E-state index in [9.17, 15) is 5.11 Å². The Balaban J connectivity index is 2.62. The van der Waals surface area contributed by atoms with E-state index in [1.54, 1.807) is 0 Å². The molecule has 0 aliphatic rings. The molecule has 1 atom stereocenters. The minimum Gasteiger partial charge on any atom is -0.494 e. The lowest BCUT2D eigenvalue weighted by Crippen LogP contribution is -2.24. The van der Waals surface area contributed by atoms with Crippen LogP contribution in [0.25, 0.3) is 0 Å². The molecular formula is C15H24O2. The van der Waals surface area contributed by atoms with Gasteiger partial charge in [0.25, 0.3) is 0 Å². The first-order chi connectivity index (χ1) is 8.09. The molecule has 1 N–H and O–H groups in total. The smallest absolute Gasteiger partial charge is 0.122 e. The predicted molar refractivity (Wildman–Crippen MR) is 71.5 cm³/mol. The van der Waals surface area contributed by atoms with Crippen LogP contribution in [0, 0.1) is 0 Å². The molecule has 0 aliphatic carbocycles. The summed E-state index contributed by atoms with van der Waals surface area (Å²) in [7, 11) is 0. The van der Waals surface area contributed by atoms with E-state index in [0.717, 1.165) is 31.4 Å². The average molecular weight is 236 g/mol. The van der Waals surface area contributed by atoms with Crippen molar-refractivity contribution in [3.8, 4) is 5.75 Å². The Morgan fingerprint density at radius 3 is 2.53 bits per heavy atom. The van der Waals surface area contributed by atoms with Gasteiger partial charge in [-0.1, -0.05) is 31.5 Å². The Morgan fingerprint density at radius 1 is 1.18 bits per heavy atom. The zero-order valence-electron chi connectivity index (χ0n) is 11.2. The number of rotatable bonds is 7. The number of para-hydroxylation sites is 1. The molecule has 2 heteroatoms. The highest BCUT2D eigenvalue weighted by atomic mass is 16.5. The summed E-state index contributed by atoms with van der Waals surface area (Å²) in [6.07, 6.45) is 3.51. The van der Waals surface area contributed by atoms with Gasteiger partial charge in [-0.25, -0.2) is 0 Å². The molecule has 1 aromatic carbocycles. The predicted octanol–water partition coefficient (Wildman–Crippen LogP) is 3.57. The first-order valence-electron chi connectivity index (χ1n) is 6.52. The van der Waals surface area contributed by atoms with Gasteiger partial charge in [-0.3, -0.25) is 0 Å². The Labute approximate surface area is 105 Å². The molecule has 0 bridgehead atoms. The highest BCUT2D eigenvalue weighted by Gasteiger charge is 2.19. The molecule has 0 spiro atoms. The molecule has 0 saturated heterocycles. The molecule has 1 rings (SSSR count). The Bertz CT molecular complexity index is 331. The Morgan fingerprint density at radius 2 is 1.88 bits per heavy atom. The van der Waals surface area contributed by atoms with E-state index in [1.165, 1.54) is 5.56 Å². The van der Waals surface area contributed by atoms with Gasteiger partial charge in [0.15, 0.2) is 0 Å². The minimum absolute atomic E-state index is 0.561.